The predicted octanol–water partition coefficient (Wildman–Crippen LogP) is 3.37. The molecule has 1 amide bonds. The third-order valence-corrected chi connectivity index (χ3v) is 4.48. The van der Waals surface area contributed by atoms with Gasteiger partial charge in [0.05, 0.1) is 17.9 Å². The SMILES string of the molecule is CCN(Cc1ccc(F)cc1F)C(=O)c1n[nH]c2c1C[C@H](C)O[C@@H]2C. The molecule has 0 fully saturated rings. The van der Waals surface area contributed by atoms with Gasteiger partial charge in [0.25, 0.3) is 5.91 Å². The van der Waals surface area contributed by atoms with E-state index in [1.165, 1.54) is 17.0 Å². The number of H-pyrrole nitrogens is 1. The van der Waals surface area contributed by atoms with Crippen molar-refractivity contribution in [3.63, 3.8) is 0 Å². The van der Waals surface area contributed by atoms with E-state index in [0.717, 1.165) is 17.3 Å². The normalized spacial score (nSPS) is 19.6. The van der Waals surface area contributed by atoms with Gasteiger partial charge in [0.2, 0.25) is 0 Å². The van der Waals surface area contributed by atoms with E-state index < -0.39 is 11.6 Å². The largest absolute Gasteiger partial charge is 0.369 e. The van der Waals surface area contributed by atoms with Crippen LogP contribution in [0.3, 0.4) is 0 Å². The van der Waals surface area contributed by atoms with Crippen molar-refractivity contribution in [2.45, 2.75) is 45.9 Å². The summed E-state index contributed by atoms with van der Waals surface area (Å²) in [7, 11) is 0. The summed E-state index contributed by atoms with van der Waals surface area (Å²) < 4.78 is 32.7. The number of ether oxygens (including phenoxy) is 1. The number of nitrogens with one attached hydrogen (secondary N) is 1. The van der Waals surface area contributed by atoms with Crippen LogP contribution in [0, 0.1) is 11.6 Å². The molecular weight excluding hydrogens is 328 g/mol. The lowest BCUT2D eigenvalue weighted by atomic mass is 9.99. The summed E-state index contributed by atoms with van der Waals surface area (Å²) >= 11 is 0. The van der Waals surface area contributed by atoms with Crippen LogP contribution in [0.2, 0.25) is 0 Å². The fourth-order valence-corrected chi connectivity index (χ4v) is 3.18. The van der Waals surface area contributed by atoms with Crippen LogP contribution in [-0.4, -0.2) is 33.7 Å². The van der Waals surface area contributed by atoms with E-state index in [0.29, 0.717) is 18.7 Å². The van der Waals surface area contributed by atoms with Crippen molar-refractivity contribution in [1.82, 2.24) is 15.1 Å². The third kappa shape index (κ3) is 3.42. The zero-order chi connectivity index (χ0) is 18.1. The van der Waals surface area contributed by atoms with Gasteiger partial charge >= 0.3 is 0 Å². The van der Waals surface area contributed by atoms with Gasteiger partial charge in [0, 0.05) is 36.7 Å². The van der Waals surface area contributed by atoms with Crippen molar-refractivity contribution in [2.24, 2.45) is 0 Å². The molecule has 0 aliphatic carbocycles. The van der Waals surface area contributed by atoms with Crippen LogP contribution in [0.15, 0.2) is 18.2 Å². The molecule has 0 saturated carbocycles. The van der Waals surface area contributed by atoms with E-state index >= 15 is 0 Å². The smallest absolute Gasteiger partial charge is 0.274 e. The molecule has 1 aliphatic heterocycles. The van der Waals surface area contributed by atoms with Crippen LogP contribution in [0.25, 0.3) is 0 Å². The summed E-state index contributed by atoms with van der Waals surface area (Å²) in [5.74, 6) is -1.57. The van der Waals surface area contributed by atoms with Crippen LogP contribution in [0.4, 0.5) is 8.78 Å². The Morgan fingerprint density at radius 1 is 1.40 bits per heavy atom. The number of rotatable bonds is 4. The minimum Gasteiger partial charge on any atom is -0.369 e. The number of hydrogen-bond donors (Lipinski definition) is 1. The molecule has 5 nitrogen and oxygen atoms in total. The number of benzene rings is 1. The highest BCUT2D eigenvalue weighted by molar-refractivity contribution is 5.94. The summed E-state index contributed by atoms with van der Waals surface area (Å²) in [5.41, 5.74) is 2.28. The first-order valence-electron chi connectivity index (χ1n) is 8.36. The zero-order valence-corrected chi connectivity index (χ0v) is 14.5. The van der Waals surface area contributed by atoms with Crippen molar-refractivity contribution in [2.75, 3.05) is 6.54 Å². The van der Waals surface area contributed by atoms with Gasteiger partial charge in [-0.15, -0.1) is 0 Å². The van der Waals surface area contributed by atoms with Crippen LogP contribution in [0.5, 0.6) is 0 Å². The summed E-state index contributed by atoms with van der Waals surface area (Å²) in [5, 5.41) is 7.07. The Hall–Kier alpha value is -2.28. The van der Waals surface area contributed by atoms with Gasteiger partial charge < -0.3 is 9.64 Å². The fourth-order valence-electron chi connectivity index (χ4n) is 3.18. The number of fused-ring (bicyclic) bond motifs is 1. The molecule has 2 heterocycles. The molecule has 1 aliphatic rings. The van der Waals surface area contributed by atoms with E-state index in [9.17, 15) is 13.6 Å². The molecule has 0 spiro atoms. The molecule has 1 aromatic heterocycles. The maximum atomic E-state index is 13.9. The van der Waals surface area contributed by atoms with E-state index in [1.807, 2.05) is 20.8 Å². The summed E-state index contributed by atoms with van der Waals surface area (Å²) in [6.45, 7) is 6.12. The van der Waals surface area contributed by atoms with E-state index in [-0.39, 0.29) is 30.2 Å². The van der Waals surface area contributed by atoms with E-state index in [2.05, 4.69) is 10.2 Å². The number of amides is 1. The Morgan fingerprint density at radius 2 is 2.16 bits per heavy atom. The molecule has 1 aromatic carbocycles. The average Bonchev–Trinajstić information content (AvgIpc) is 2.97. The van der Waals surface area contributed by atoms with Gasteiger partial charge in [-0.25, -0.2) is 8.78 Å². The van der Waals surface area contributed by atoms with Gasteiger partial charge in [-0.3, -0.25) is 9.89 Å². The molecule has 0 unspecified atom stereocenters. The number of aromatic amines is 1. The van der Waals surface area contributed by atoms with E-state index in [4.69, 9.17) is 4.74 Å². The van der Waals surface area contributed by atoms with Gasteiger partial charge in [-0.2, -0.15) is 5.10 Å². The monoisotopic (exact) mass is 349 g/mol. The minimum atomic E-state index is -0.661. The summed E-state index contributed by atoms with van der Waals surface area (Å²) in [6.07, 6.45) is 0.438. The Labute approximate surface area is 145 Å². The lowest BCUT2D eigenvalue weighted by molar-refractivity contribution is -0.00702. The maximum Gasteiger partial charge on any atom is 0.274 e. The number of hydrogen-bond acceptors (Lipinski definition) is 3. The standard InChI is InChI=1S/C18H21F2N3O2/c1-4-23(9-12-5-6-13(19)8-15(12)20)18(24)17-14-7-10(2)25-11(3)16(14)21-22-17/h5-6,8,10-11H,4,7,9H2,1-3H3,(H,21,22)/t10-,11+/m0/s1. The molecule has 0 bridgehead atoms. The Bertz CT molecular complexity index is 791. The molecule has 2 aromatic rings. The van der Waals surface area contributed by atoms with Crippen molar-refractivity contribution < 1.29 is 18.3 Å². The Balaban J connectivity index is 1.86. The van der Waals surface area contributed by atoms with Gasteiger partial charge in [0.15, 0.2) is 5.69 Å². The lowest BCUT2D eigenvalue weighted by Crippen LogP contribution is -2.32. The Kier molecular flexibility index (Phi) is 4.85. The number of carbonyl (C=O) groups is 1. The first-order chi connectivity index (χ1) is 11.9. The van der Waals surface area contributed by atoms with E-state index in [1.54, 1.807) is 0 Å². The highest BCUT2D eigenvalue weighted by Crippen LogP contribution is 2.30. The second-order valence-electron chi connectivity index (χ2n) is 6.31. The van der Waals surface area contributed by atoms with Crippen molar-refractivity contribution >= 4 is 5.91 Å². The van der Waals surface area contributed by atoms with Crippen molar-refractivity contribution in [3.05, 3.63) is 52.3 Å². The molecule has 1 N–H and O–H groups in total. The maximum absolute atomic E-state index is 13.9. The molecule has 134 valence electrons. The molecule has 7 heteroatoms. The topological polar surface area (TPSA) is 58.2 Å². The van der Waals surface area contributed by atoms with Gasteiger partial charge in [-0.1, -0.05) is 6.07 Å². The molecule has 0 saturated heterocycles. The third-order valence-electron chi connectivity index (χ3n) is 4.48. The van der Waals surface area contributed by atoms with Crippen molar-refractivity contribution in [1.29, 1.82) is 0 Å². The highest BCUT2D eigenvalue weighted by atomic mass is 19.1. The second kappa shape index (κ2) is 6.92. The first kappa shape index (κ1) is 17.5. The van der Waals surface area contributed by atoms with Crippen LogP contribution in [-0.2, 0) is 17.7 Å². The minimum absolute atomic E-state index is 0.00345. The lowest BCUT2D eigenvalue weighted by Gasteiger charge is -2.26. The molecule has 0 radical (unpaired) electrons. The highest BCUT2D eigenvalue weighted by Gasteiger charge is 2.31. The molecule has 2 atom stereocenters. The van der Waals surface area contributed by atoms with Crippen molar-refractivity contribution in [3.8, 4) is 0 Å². The van der Waals surface area contributed by atoms with Crippen LogP contribution < -0.4 is 0 Å². The molecule has 3 rings (SSSR count). The Morgan fingerprint density at radius 3 is 2.84 bits per heavy atom. The zero-order valence-electron chi connectivity index (χ0n) is 14.5. The second-order valence-corrected chi connectivity index (χ2v) is 6.31. The number of halogens is 2. The predicted molar refractivity (Wildman–Crippen MR) is 88.0 cm³/mol. The average molecular weight is 349 g/mol. The quantitative estimate of drug-likeness (QED) is 0.921. The first-order valence-corrected chi connectivity index (χ1v) is 8.36. The number of aromatic nitrogens is 2. The number of nitrogens with zero attached hydrogens (tertiary/aromatic N) is 2. The summed E-state index contributed by atoms with van der Waals surface area (Å²) in [4.78, 5) is 14.4. The van der Waals surface area contributed by atoms with Gasteiger partial charge in [0.1, 0.15) is 11.6 Å². The van der Waals surface area contributed by atoms with Crippen LogP contribution >= 0.6 is 0 Å². The molecule has 25 heavy (non-hydrogen) atoms. The van der Waals surface area contributed by atoms with Gasteiger partial charge in [-0.05, 0) is 26.8 Å². The number of carbonyl (C=O) groups excluding carboxylic acids is 1. The molecular formula is C18H21F2N3O2. The fraction of sp³-hybridized carbons (Fsp3) is 0.444. The van der Waals surface area contributed by atoms with Crippen LogP contribution in [0.1, 0.15) is 54.2 Å². The summed E-state index contributed by atoms with van der Waals surface area (Å²) in [6, 6.07) is 3.37.